The number of pyridine rings is 2. The molecule has 196 valence electrons. The first-order chi connectivity index (χ1) is 16.0. The molecule has 0 unspecified atom stereocenters. The van der Waals surface area contributed by atoms with Gasteiger partial charge in [-0.05, 0) is 35.5 Å². The van der Waals surface area contributed by atoms with Crippen LogP contribution in [-0.2, 0) is 20.1 Å². The van der Waals surface area contributed by atoms with Gasteiger partial charge in [0.25, 0.3) is 0 Å². The summed E-state index contributed by atoms with van der Waals surface area (Å²) in [5.41, 5.74) is 6.95. The van der Waals surface area contributed by atoms with E-state index in [2.05, 4.69) is 118 Å². The number of hydrogen-bond acceptors (Lipinski definition) is 2. The summed E-state index contributed by atoms with van der Waals surface area (Å²) in [6, 6.07) is 26.2. The number of nitrogens with zero attached hydrogens (tertiary/aromatic N) is 2. The summed E-state index contributed by atoms with van der Waals surface area (Å²) in [5.74, 6) is 0. The standard InChI is InChI=1S/C15H19NSi.C15H18NSi.CH4.B.Ir/c2*1-12-10-14(17(2,3)4)11-16-15(12)13-8-6-5-7-9-13;;;/h5-11H,1-4H3;5-8,10-11H,1-4H3;1H4;;/q;-1;;;. The van der Waals surface area contributed by atoms with Gasteiger partial charge in [0.15, 0.2) is 0 Å². The predicted molar refractivity (Wildman–Crippen MR) is 166 cm³/mol. The molecule has 0 fully saturated rings. The van der Waals surface area contributed by atoms with E-state index in [-0.39, 0.29) is 35.9 Å². The Balaban J connectivity index is 0.000000648. The summed E-state index contributed by atoms with van der Waals surface area (Å²) in [6.45, 7) is 18.4. The van der Waals surface area contributed by atoms with Crippen LogP contribution in [-0.4, -0.2) is 34.5 Å². The quantitative estimate of drug-likeness (QED) is 0.166. The van der Waals surface area contributed by atoms with E-state index in [1.165, 1.54) is 27.1 Å². The Morgan fingerprint density at radius 2 is 1.11 bits per heavy atom. The van der Waals surface area contributed by atoms with E-state index in [1.54, 1.807) is 0 Å². The van der Waals surface area contributed by atoms with Crippen LogP contribution >= 0.6 is 0 Å². The molecular weight excluding hydrogens is 660 g/mol. The summed E-state index contributed by atoms with van der Waals surface area (Å²) in [7, 11) is -2.51. The summed E-state index contributed by atoms with van der Waals surface area (Å²) >= 11 is 0. The fourth-order valence-corrected chi connectivity index (χ4v) is 5.89. The van der Waals surface area contributed by atoms with E-state index < -0.39 is 16.1 Å². The Labute approximate surface area is 243 Å². The molecule has 4 rings (SSSR count). The van der Waals surface area contributed by atoms with Crippen molar-refractivity contribution in [2.75, 3.05) is 0 Å². The molecule has 0 saturated heterocycles. The second kappa shape index (κ2) is 14.7. The first-order valence-electron chi connectivity index (χ1n) is 11.9. The minimum atomic E-state index is -1.26. The average Bonchev–Trinajstić information content (AvgIpc) is 2.79. The van der Waals surface area contributed by atoms with E-state index in [0.29, 0.717) is 0 Å². The van der Waals surface area contributed by atoms with Crippen molar-refractivity contribution in [3.05, 3.63) is 96.3 Å². The van der Waals surface area contributed by atoms with Crippen molar-refractivity contribution < 1.29 is 20.1 Å². The van der Waals surface area contributed by atoms with Gasteiger partial charge in [-0.2, -0.15) is 0 Å². The maximum Gasteiger partial charge on any atom is 0.0796 e. The van der Waals surface area contributed by atoms with Crippen LogP contribution in [0.3, 0.4) is 0 Å². The van der Waals surface area contributed by atoms with E-state index in [4.69, 9.17) is 0 Å². The Morgan fingerprint density at radius 1 is 0.649 bits per heavy atom. The SMILES string of the molecule is C.Cc1cc([Si](C)(C)C)cnc1-c1[c-]cccc1.Cc1cc([Si](C)(C)C)cnc1-c1ccccc1.[B].[Ir]. The molecule has 6 heteroatoms. The molecule has 2 nitrogen and oxygen atoms in total. The van der Waals surface area contributed by atoms with Crippen LogP contribution < -0.4 is 10.4 Å². The van der Waals surface area contributed by atoms with Crippen molar-refractivity contribution in [1.29, 1.82) is 0 Å². The topological polar surface area (TPSA) is 25.8 Å². The molecule has 0 saturated carbocycles. The zero-order chi connectivity index (χ0) is 24.9. The van der Waals surface area contributed by atoms with Gasteiger partial charge in [0, 0.05) is 46.5 Å². The van der Waals surface area contributed by atoms with Crippen LogP contribution in [0.5, 0.6) is 0 Å². The molecule has 37 heavy (non-hydrogen) atoms. The maximum absolute atomic E-state index is 4.65. The second-order valence-electron chi connectivity index (χ2n) is 10.9. The molecule has 2 aromatic heterocycles. The van der Waals surface area contributed by atoms with Crippen molar-refractivity contribution in [2.24, 2.45) is 0 Å². The molecule has 0 spiro atoms. The van der Waals surface area contributed by atoms with Crippen molar-refractivity contribution in [2.45, 2.75) is 60.6 Å². The molecule has 0 amide bonds. The summed E-state index contributed by atoms with van der Waals surface area (Å²) in [4.78, 5) is 9.27. The molecule has 0 bridgehead atoms. The minimum Gasteiger partial charge on any atom is -0.305 e. The van der Waals surface area contributed by atoms with Gasteiger partial charge in [-0.25, -0.2) is 0 Å². The number of aryl methyl sites for hydroxylation is 2. The Kier molecular flexibility index (Phi) is 13.9. The largest absolute Gasteiger partial charge is 0.305 e. The third-order valence-electron chi connectivity index (χ3n) is 5.90. The number of benzene rings is 2. The first-order valence-corrected chi connectivity index (χ1v) is 18.9. The van der Waals surface area contributed by atoms with Gasteiger partial charge in [-0.3, -0.25) is 4.98 Å². The Morgan fingerprint density at radius 3 is 1.51 bits per heavy atom. The van der Waals surface area contributed by atoms with Gasteiger partial charge in [-0.15, -0.1) is 35.9 Å². The van der Waals surface area contributed by atoms with Gasteiger partial charge in [0.2, 0.25) is 0 Å². The van der Waals surface area contributed by atoms with E-state index in [0.717, 1.165) is 17.0 Å². The Bertz CT molecular complexity index is 1140. The van der Waals surface area contributed by atoms with Crippen LogP contribution in [0, 0.1) is 19.9 Å². The van der Waals surface area contributed by atoms with E-state index in [1.807, 2.05) is 30.5 Å². The van der Waals surface area contributed by atoms with Crippen LogP contribution in [0.15, 0.2) is 79.1 Å². The first kappa shape index (κ1) is 34.9. The third kappa shape index (κ3) is 9.61. The summed E-state index contributed by atoms with van der Waals surface area (Å²) in [5, 5.41) is 2.84. The van der Waals surface area contributed by atoms with E-state index in [9.17, 15) is 0 Å². The van der Waals surface area contributed by atoms with Crippen LogP contribution in [0.2, 0.25) is 39.3 Å². The maximum atomic E-state index is 4.65. The van der Waals surface area contributed by atoms with Crippen molar-refractivity contribution in [3.8, 4) is 22.5 Å². The van der Waals surface area contributed by atoms with Crippen LogP contribution in [0.1, 0.15) is 18.6 Å². The predicted octanol–water partition coefficient (Wildman–Crippen LogP) is 7.26. The normalized spacial score (nSPS) is 10.6. The number of rotatable bonds is 4. The zero-order valence-electron chi connectivity index (χ0n) is 22.8. The molecule has 2 heterocycles. The van der Waals surface area contributed by atoms with Gasteiger partial charge < -0.3 is 4.98 Å². The molecule has 0 aliphatic rings. The third-order valence-corrected chi connectivity index (χ3v) is 9.91. The molecule has 0 N–H and O–H groups in total. The Hall–Kier alpha value is -2.11. The number of aromatic nitrogens is 2. The van der Waals surface area contributed by atoms with Crippen LogP contribution in [0.4, 0.5) is 0 Å². The fraction of sp³-hybridized carbons (Fsp3) is 0.290. The number of hydrogen-bond donors (Lipinski definition) is 0. The van der Waals surface area contributed by atoms with Crippen LogP contribution in [0.25, 0.3) is 22.5 Å². The second-order valence-corrected chi connectivity index (χ2v) is 21.1. The van der Waals surface area contributed by atoms with E-state index >= 15 is 0 Å². The molecular formula is C31H41BIrN2Si2-. The molecule has 0 atom stereocenters. The zero-order valence-corrected chi connectivity index (χ0v) is 27.2. The average molecular weight is 701 g/mol. The minimum absolute atomic E-state index is 0. The fourth-order valence-electron chi connectivity index (χ4n) is 3.69. The molecule has 0 aliphatic carbocycles. The van der Waals surface area contributed by atoms with Crippen molar-refractivity contribution in [3.63, 3.8) is 0 Å². The van der Waals surface area contributed by atoms with Gasteiger partial charge in [0.05, 0.1) is 21.8 Å². The smallest absolute Gasteiger partial charge is 0.0796 e. The molecule has 0 aliphatic heterocycles. The summed E-state index contributed by atoms with van der Waals surface area (Å²) in [6.07, 6.45) is 4.09. The van der Waals surface area contributed by atoms with Crippen molar-refractivity contribution >= 4 is 34.9 Å². The van der Waals surface area contributed by atoms with Gasteiger partial charge >= 0.3 is 0 Å². The van der Waals surface area contributed by atoms with Gasteiger partial charge in [0.1, 0.15) is 0 Å². The molecule has 4 aromatic rings. The molecule has 2 aromatic carbocycles. The summed E-state index contributed by atoms with van der Waals surface area (Å²) < 4.78 is 0. The van der Waals surface area contributed by atoms with Crippen molar-refractivity contribution in [1.82, 2.24) is 9.97 Å². The molecule has 4 radical (unpaired) electrons. The van der Waals surface area contributed by atoms with Gasteiger partial charge in [-0.1, -0.05) is 94.7 Å². The monoisotopic (exact) mass is 701 g/mol.